The van der Waals surface area contributed by atoms with Crippen molar-refractivity contribution in [2.24, 2.45) is 0 Å². The molecule has 3 rings (SSSR count). The van der Waals surface area contributed by atoms with E-state index in [9.17, 15) is 9.59 Å². The number of aromatic nitrogens is 2. The van der Waals surface area contributed by atoms with Crippen LogP contribution in [0.25, 0.3) is 0 Å². The van der Waals surface area contributed by atoms with Crippen molar-refractivity contribution in [1.82, 2.24) is 9.97 Å². The summed E-state index contributed by atoms with van der Waals surface area (Å²) in [7, 11) is 0. The van der Waals surface area contributed by atoms with Crippen LogP contribution < -0.4 is 4.90 Å². The molecule has 0 bridgehead atoms. The van der Waals surface area contributed by atoms with Crippen molar-refractivity contribution in [2.45, 2.75) is 0 Å². The van der Waals surface area contributed by atoms with Gasteiger partial charge in [-0.2, -0.15) is 0 Å². The molecule has 0 spiro atoms. The topological polar surface area (TPSA) is 81.6 Å². The van der Waals surface area contributed by atoms with Crippen LogP contribution in [0.4, 0.5) is 5.69 Å². The largest absolute Gasteiger partial charge is 0.460 e. The van der Waals surface area contributed by atoms with Gasteiger partial charge < -0.3 is 14.4 Å². The van der Waals surface area contributed by atoms with E-state index in [0.717, 1.165) is 5.69 Å². The molecule has 0 aliphatic heterocycles. The molecule has 0 radical (unpaired) electrons. The van der Waals surface area contributed by atoms with Crippen molar-refractivity contribution in [3.63, 3.8) is 0 Å². The van der Waals surface area contributed by atoms with Gasteiger partial charge in [0.05, 0.1) is 24.2 Å². The Kier molecular flexibility index (Phi) is 7.28. The average Bonchev–Trinajstić information content (AvgIpc) is 2.79. The number of esters is 2. The lowest BCUT2D eigenvalue weighted by atomic mass is 10.3. The summed E-state index contributed by atoms with van der Waals surface area (Å²) < 4.78 is 10.7. The molecule has 2 heterocycles. The summed E-state index contributed by atoms with van der Waals surface area (Å²) in [5, 5.41) is 0. The van der Waals surface area contributed by atoms with Crippen molar-refractivity contribution in [1.29, 1.82) is 0 Å². The first-order chi connectivity index (χ1) is 14.2. The Balaban J connectivity index is 1.53. The smallest absolute Gasteiger partial charge is 0.339 e. The zero-order valence-corrected chi connectivity index (χ0v) is 15.8. The van der Waals surface area contributed by atoms with Crippen LogP contribution in [0.1, 0.15) is 20.7 Å². The molecule has 0 aliphatic rings. The first kappa shape index (κ1) is 20.0. The van der Waals surface area contributed by atoms with Gasteiger partial charge in [0, 0.05) is 30.5 Å². The van der Waals surface area contributed by atoms with Crippen molar-refractivity contribution in [3.8, 4) is 0 Å². The Bertz CT molecular complexity index is 848. The molecular formula is C22H21N3O4. The molecule has 1 aromatic carbocycles. The highest BCUT2D eigenvalue weighted by molar-refractivity contribution is 5.89. The van der Waals surface area contributed by atoms with Gasteiger partial charge in [0.1, 0.15) is 13.2 Å². The van der Waals surface area contributed by atoms with E-state index in [4.69, 9.17) is 9.47 Å². The Morgan fingerprint density at radius 2 is 1.24 bits per heavy atom. The summed E-state index contributed by atoms with van der Waals surface area (Å²) >= 11 is 0. The Labute approximate surface area is 168 Å². The molecule has 29 heavy (non-hydrogen) atoms. The van der Waals surface area contributed by atoms with E-state index in [2.05, 4.69) is 9.97 Å². The fourth-order valence-corrected chi connectivity index (χ4v) is 2.64. The van der Waals surface area contributed by atoms with Crippen LogP contribution in [0.15, 0.2) is 79.4 Å². The van der Waals surface area contributed by atoms with Crippen LogP contribution in [-0.2, 0) is 9.47 Å². The van der Waals surface area contributed by atoms with Crippen LogP contribution in [0.2, 0.25) is 0 Å². The number of hydrogen-bond donors (Lipinski definition) is 0. The number of anilines is 1. The molecule has 0 saturated heterocycles. The second-order valence-corrected chi connectivity index (χ2v) is 6.08. The van der Waals surface area contributed by atoms with E-state index >= 15 is 0 Å². The first-order valence-electron chi connectivity index (χ1n) is 9.18. The maximum Gasteiger partial charge on any atom is 0.339 e. The second kappa shape index (κ2) is 10.6. The van der Waals surface area contributed by atoms with Gasteiger partial charge in [0.2, 0.25) is 0 Å². The highest BCUT2D eigenvalue weighted by atomic mass is 16.5. The molecule has 0 aliphatic carbocycles. The molecule has 3 aromatic rings. The van der Waals surface area contributed by atoms with Gasteiger partial charge in [-0.05, 0) is 36.4 Å². The summed E-state index contributed by atoms with van der Waals surface area (Å²) in [6.45, 7) is 1.30. The highest BCUT2D eigenvalue weighted by Gasteiger charge is 2.12. The molecular weight excluding hydrogens is 370 g/mol. The highest BCUT2D eigenvalue weighted by Crippen LogP contribution is 2.13. The zero-order valence-electron chi connectivity index (χ0n) is 15.8. The molecule has 0 atom stereocenters. The number of carbonyl (C=O) groups excluding carboxylic acids is 2. The average molecular weight is 391 g/mol. The Morgan fingerprint density at radius 1 is 0.724 bits per heavy atom. The van der Waals surface area contributed by atoms with Crippen molar-refractivity contribution in [2.75, 3.05) is 31.2 Å². The van der Waals surface area contributed by atoms with Gasteiger partial charge >= 0.3 is 11.9 Å². The molecule has 7 heteroatoms. The number of hydrogen-bond acceptors (Lipinski definition) is 7. The van der Waals surface area contributed by atoms with Gasteiger partial charge in [0.15, 0.2) is 0 Å². The van der Waals surface area contributed by atoms with Gasteiger partial charge in [-0.25, -0.2) is 9.59 Å². The lowest BCUT2D eigenvalue weighted by Gasteiger charge is -2.24. The number of benzene rings is 1. The SMILES string of the molecule is O=C(OCCN(CCOC(=O)c1cccnc1)c1ccccc1)c1cccnc1. The molecule has 2 aromatic heterocycles. The standard InChI is InChI=1S/C22H21N3O4/c26-21(18-6-4-10-23-16-18)28-14-12-25(20-8-2-1-3-9-20)13-15-29-22(27)19-7-5-11-24-17-19/h1-11,16-17H,12-15H2. The van der Waals surface area contributed by atoms with E-state index in [1.54, 1.807) is 36.7 Å². The molecule has 0 fully saturated rings. The Hall–Kier alpha value is -3.74. The van der Waals surface area contributed by atoms with Crippen LogP contribution in [0.5, 0.6) is 0 Å². The van der Waals surface area contributed by atoms with Crippen molar-refractivity contribution < 1.29 is 19.1 Å². The lowest BCUT2D eigenvalue weighted by molar-refractivity contribution is 0.0503. The third-order valence-corrected chi connectivity index (χ3v) is 4.10. The number of carbonyl (C=O) groups is 2. The minimum atomic E-state index is -0.422. The predicted molar refractivity (Wildman–Crippen MR) is 108 cm³/mol. The normalized spacial score (nSPS) is 10.2. The van der Waals surface area contributed by atoms with Crippen LogP contribution in [0, 0.1) is 0 Å². The molecule has 0 unspecified atom stereocenters. The summed E-state index contributed by atoms with van der Waals surface area (Å²) in [5.41, 5.74) is 1.76. The Morgan fingerprint density at radius 3 is 1.69 bits per heavy atom. The molecule has 0 amide bonds. The van der Waals surface area contributed by atoms with Crippen molar-refractivity contribution >= 4 is 17.6 Å². The van der Waals surface area contributed by atoms with Crippen LogP contribution in [-0.4, -0.2) is 48.2 Å². The van der Waals surface area contributed by atoms with E-state index in [-0.39, 0.29) is 13.2 Å². The monoisotopic (exact) mass is 391 g/mol. The van der Waals surface area contributed by atoms with E-state index in [1.807, 2.05) is 35.2 Å². The molecule has 7 nitrogen and oxygen atoms in total. The summed E-state index contributed by atoms with van der Waals surface area (Å²) in [6.07, 6.45) is 6.13. The van der Waals surface area contributed by atoms with Gasteiger partial charge in [-0.15, -0.1) is 0 Å². The molecule has 0 N–H and O–H groups in total. The number of nitrogens with zero attached hydrogens (tertiary/aromatic N) is 3. The van der Waals surface area contributed by atoms with Crippen LogP contribution in [0.3, 0.4) is 0 Å². The predicted octanol–water partition coefficient (Wildman–Crippen LogP) is 3.00. The van der Waals surface area contributed by atoms with E-state index in [1.165, 1.54) is 12.4 Å². The number of rotatable bonds is 9. The second-order valence-electron chi connectivity index (χ2n) is 6.08. The first-order valence-corrected chi connectivity index (χ1v) is 9.18. The maximum absolute atomic E-state index is 12.1. The fraction of sp³-hybridized carbons (Fsp3) is 0.182. The van der Waals surface area contributed by atoms with Gasteiger partial charge in [0.25, 0.3) is 0 Å². The van der Waals surface area contributed by atoms with Gasteiger partial charge in [-0.1, -0.05) is 18.2 Å². The number of ether oxygens (including phenoxy) is 2. The zero-order chi connectivity index (χ0) is 20.3. The minimum Gasteiger partial charge on any atom is -0.460 e. The summed E-state index contributed by atoms with van der Waals surface area (Å²) in [4.78, 5) is 34.0. The molecule has 0 saturated carbocycles. The van der Waals surface area contributed by atoms with Crippen molar-refractivity contribution in [3.05, 3.63) is 90.5 Å². The quantitative estimate of drug-likeness (QED) is 0.519. The maximum atomic E-state index is 12.1. The van der Waals surface area contributed by atoms with Gasteiger partial charge in [-0.3, -0.25) is 9.97 Å². The van der Waals surface area contributed by atoms with E-state index in [0.29, 0.717) is 24.2 Å². The summed E-state index contributed by atoms with van der Waals surface area (Å²) in [5.74, 6) is -0.844. The van der Waals surface area contributed by atoms with Crippen LogP contribution >= 0.6 is 0 Å². The minimum absolute atomic E-state index is 0.194. The van der Waals surface area contributed by atoms with E-state index < -0.39 is 11.9 Å². The number of pyridine rings is 2. The third-order valence-electron chi connectivity index (χ3n) is 4.10. The fourth-order valence-electron chi connectivity index (χ4n) is 2.64. The lowest BCUT2D eigenvalue weighted by Crippen LogP contribution is -2.32. The molecule has 148 valence electrons. The number of para-hydroxylation sites is 1. The summed E-state index contributed by atoms with van der Waals surface area (Å²) in [6, 6.07) is 16.3. The third kappa shape index (κ3) is 6.14.